The molecule has 3 aromatic rings. The molecule has 9 nitrogen and oxygen atoms in total. The van der Waals surface area contributed by atoms with Gasteiger partial charge in [-0.25, -0.2) is 9.59 Å². The van der Waals surface area contributed by atoms with Crippen LogP contribution in [0.15, 0.2) is 72.8 Å². The lowest BCUT2D eigenvalue weighted by atomic mass is 10.1. The molecule has 0 radical (unpaired) electrons. The third kappa shape index (κ3) is 12.7. The number of carbonyl (C=O) groups is 3. The van der Waals surface area contributed by atoms with Gasteiger partial charge in [-0.2, -0.15) is 0 Å². The minimum atomic E-state index is -0.503. The zero-order valence-corrected chi connectivity index (χ0v) is 24.6. The quantitative estimate of drug-likeness (QED) is 0.0576. The van der Waals surface area contributed by atoms with E-state index in [4.69, 9.17) is 30.4 Å². The van der Waals surface area contributed by atoms with Crippen LogP contribution in [0.5, 0.6) is 17.2 Å². The summed E-state index contributed by atoms with van der Waals surface area (Å²) in [6.45, 7) is 3.09. The van der Waals surface area contributed by atoms with Crippen LogP contribution in [-0.2, 0) is 14.3 Å². The molecule has 0 saturated carbocycles. The van der Waals surface area contributed by atoms with Gasteiger partial charge in [0.25, 0.3) is 0 Å². The number of unbranched alkanes of at least 4 members (excludes halogenated alkanes) is 5. The van der Waals surface area contributed by atoms with Crippen molar-refractivity contribution in [2.24, 2.45) is 0 Å². The van der Waals surface area contributed by atoms with Gasteiger partial charge in [0, 0.05) is 23.9 Å². The highest BCUT2D eigenvalue weighted by Crippen LogP contribution is 2.19. The number of ether oxygens (including phenoxy) is 4. The Morgan fingerprint density at radius 3 is 2.00 bits per heavy atom. The van der Waals surface area contributed by atoms with Crippen LogP contribution in [0, 0.1) is 0 Å². The molecule has 43 heavy (non-hydrogen) atoms. The standard InChI is InChI=1S/C34H40N2O7/c1-2-3-7-20-40-29-15-17-31(18-16-29)43-33(38)19-12-25-10-13-30(14-11-25)42-32(37)9-6-4-5-8-21-41-34(39)26-22-27(35)24-28(36)23-26/h10-19,22-24H,2-9,20-21,35-36H2,1H3. The van der Waals surface area contributed by atoms with Gasteiger partial charge >= 0.3 is 17.9 Å². The molecule has 0 fully saturated rings. The molecule has 0 aliphatic heterocycles. The summed E-state index contributed by atoms with van der Waals surface area (Å²) in [5, 5.41) is 0. The Morgan fingerprint density at radius 2 is 1.30 bits per heavy atom. The number of benzene rings is 3. The molecule has 4 N–H and O–H groups in total. The second kappa shape index (κ2) is 17.9. The van der Waals surface area contributed by atoms with Crippen molar-refractivity contribution in [3.8, 4) is 17.2 Å². The monoisotopic (exact) mass is 588 g/mol. The van der Waals surface area contributed by atoms with Crippen molar-refractivity contribution in [2.45, 2.75) is 58.3 Å². The highest BCUT2D eigenvalue weighted by molar-refractivity contribution is 5.91. The summed E-state index contributed by atoms with van der Waals surface area (Å²) >= 11 is 0. The first-order chi connectivity index (χ1) is 20.8. The summed E-state index contributed by atoms with van der Waals surface area (Å²) in [6, 6.07) is 18.4. The van der Waals surface area contributed by atoms with Crippen LogP contribution in [0.1, 0.15) is 74.2 Å². The largest absolute Gasteiger partial charge is 0.494 e. The number of nitrogens with two attached hydrogens (primary N) is 2. The lowest BCUT2D eigenvalue weighted by Gasteiger charge is -2.07. The van der Waals surface area contributed by atoms with E-state index in [9.17, 15) is 14.4 Å². The Kier molecular flexibility index (Phi) is 13.6. The molecule has 3 rings (SSSR count). The molecule has 0 aliphatic rings. The average Bonchev–Trinajstić information content (AvgIpc) is 2.98. The minimum absolute atomic E-state index is 0.276. The van der Waals surface area contributed by atoms with Gasteiger partial charge in [-0.15, -0.1) is 0 Å². The van der Waals surface area contributed by atoms with E-state index in [0.29, 0.717) is 47.9 Å². The summed E-state index contributed by atoms with van der Waals surface area (Å²) in [7, 11) is 0. The van der Waals surface area contributed by atoms with E-state index in [1.165, 1.54) is 18.2 Å². The Balaban J connectivity index is 1.28. The first kappa shape index (κ1) is 32.7. The maximum atomic E-state index is 12.2. The van der Waals surface area contributed by atoms with Crippen LogP contribution in [0.4, 0.5) is 11.4 Å². The van der Waals surface area contributed by atoms with Gasteiger partial charge in [0.1, 0.15) is 17.2 Å². The SMILES string of the molecule is CCCCCOc1ccc(OC(=O)C=Cc2ccc(OC(=O)CCCCCCOC(=O)c3cc(N)cc(N)c3)cc2)cc1. The fraction of sp³-hybridized carbons (Fsp3) is 0.324. The van der Waals surface area contributed by atoms with Crippen molar-refractivity contribution >= 4 is 35.4 Å². The van der Waals surface area contributed by atoms with Crippen LogP contribution in [-0.4, -0.2) is 31.1 Å². The summed E-state index contributed by atoms with van der Waals surface area (Å²) in [5.74, 6) is 0.308. The smallest absolute Gasteiger partial charge is 0.338 e. The highest BCUT2D eigenvalue weighted by Gasteiger charge is 2.09. The molecule has 0 aromatic heterocycles. The fourth-order valence-electron chi connectivity index (χ4n) is 4.06. The van der Waals surface area contributed by atoms with E-state index in [0.717, 1.165) is 43.4 Å². The zero-order valence-electron chi connectivity index (χ0n) is 24.6. The molecule has 0 atom stereocenters. The Labute approximate surface area is 252 Å². The van der Waals surface area contributed by atoms with Crippen LogP contribution < -0.4 is 25.7 Å². The number of rotatable bonds is 17. The van der Waals surface area contributed by atoms with Crippen molar-refractivity contribution in [3.05, 3.63) is 83.9 Å². The van der Waals surface area contributed by atoms with Crippen LogP contribution in [0.3, 0.4) is 0 Å². The van der Waals surface area contributed by atoms with E-state index in [2.05, 4.69) is 6.92 Å². The summed E-state index contributed by atoms with van der Waals surface area (Å²) in [4.78, 5) is 36.4. The second-order valence-corrected chi connectivity index (χ2v) is 10.0. The Bertz CT molecular complexity index is 1330. The normalized spacial score (nSPS) is 10.8. The lowest BCUT2D eigenvalue weighted by molar-refractivity contribution is -0.134. The summed E-state index contributed by atoms with van der Waals surface area (Å²) < 4.78 is 21.6. The van der Waals surface area contributed by atoms with E-state index in [1.807, 2.05) is 0 Å². The molecular weight excluding hydrogens is 548 g/mol. The minimum Gasteiger partial charge on any atom is -0.494 e. The van der Waals surface area contributed by atoms with Gasteiger partial charge in [0.05, 0.1) is 18.8 Å². The first-order valence-electron chi connectivity index (χ1n) is 14.6. The van der Waals surface area contributed by atoms with E-state index < -0.39 is 11.9 Å². The van der Waals surface area contributed by atoms with Crippen molar-refractivity contribution in [3.63, 3.8) is 0 Å². The molecule has 0 saturated heterocycles. The predicted molar refractivity (Wildman–Crippen MR) is 167 cm³/mol. The van der Waals surface area contributed by atoms with Crippen molar-refractivity contribution in [1.82, 2.24) is 0 Å². The maximum Gasteiger partial charge on any atom is 0.338 e. The average molecular weight is 589 g/mol. The van der Waals surface area contributed by atoms with Crippen molar-refractivity contribution in [1.29, 1.82) is 0 Å². The van der Waals surface area contributed by atoms with Crippen LogP contribution in [0.2, 0.25) is 0 Å². The van der Waals surface area contributed by atoms with Gasteiger partial charge < -0.3 is 30.4 Å². The Morgan fingerprint density at radius 1 is 0.698 bits per heavy atom. The molecule has 228 valence electrons. The van der Waals surface area contributed by atoms with Gasteiger partial charge in [0.2, 0.25) is 0 Å². The van der Waals surface area contributed by atoms with Gasteiger partial charge in [-0.05, 0) is 85.5 Å². The maximum absolute atomic E-state index is 12.2. The molecule has 0 amide bonds. The van der Waals surface area contributed by atoms with Gasteiger partial charge in [-0.1, -0.05) is 44.7 Å². The van der Waals surface area contributed by atoms with Crippen LogP contribution in [0.25, 0.3) is 6.08 Å². The molecule has 9 heteroatoms. The molecule has 0 heterocycles. The lowest BCUT2D eigenvalue weighted by Crippen LogP contribution is -2.08. The van der Waals surface area contributed by atoms with Gasteiger partial charge in [-0.3, -0.25) is 4.79 Å². The summed E-state index contributed by atoms with van der Waals surface area (Å²) in [5.41, 5.74) is 13.3. The topological polar surface area (TPSA) is 140 Å². The van der Waals surface area contributed by atoms with E-state index in [1.54, 1.807) is 60.7 Å². The molecular formula is C34H40N2O7. The third-order valence-electron chi connectivity index (χ3n) is 6.30. The highest BCUT2D eigenvalue weighted by atomic mass is 16.5. The number of esters is 3. The summed E-state index contributed by atoms with van der Waals surface area (Å²) in [6.07, 6.45) is 9.47. The van der Waals surface area contributed by atoms with Crippen LogP contribution >= 0.6 is 0 Å². The first-order valence-corrected chi connectivity index (χ1v) is 14.6. The number of hydrogen-bond donors (Lipinski definition) is 2. The number of nitrogen functional groups attached to an aromatic ring is 2. The fourth-order valence-corrected chi connectivity index (χ4v) is 4.06. The van der Waals surface area contributed by atoms with Crippen molar-refractivity contribution in [2.75, 3.05) is 24.7 Å². The third-order valence-corrected chi connectivity index (χ3v) is 6.30. The number of hydrogen-bond acceptors (Lipinski definition) is 9. The zero-order chi connectivity index (χ0) is 30.9. The molecule has 0 unspecified atom stereocenters. The molecule has 0 bridgehead atoms. The Hall–Kier alpha value is -4.79. The van der Waals surface area contributed by atoms with Crippen molar-refractivity contribution < 1.29 is 33.3 Å². The van der Waals surface area contributed by atoms with E-state index in [-0.39, 0.29) is 19.0 Å². The predicted octanol–water partition coefficient (Wildman–Crippen LogP) is 6.75. The number of anilines is 2. The molecule has 3 aromatic carbocycles. The molecule has 0 aliphatic carbocycles. The van der Waals surface area contributed by atoms with Gasteiger partial charge in [0.15, 0.2) is 0 Å². The van der Waals surface area contributed by atoms with E-state index >= 15 is 0 Å². The molecule has 0 spiro atoms. The number of carbonyl (C=O) groups excluding carboxylic acids is 3. The second-order valence-electron chi connectivity index (χ2n) is 10.0.